The number of hydrogen-bond donors (Lipinski definition) is 1. The number of rotatable bonds is 8. The Morgan fingerprint density at radius 3 is 2.60 bits per heavy atom. The van der Waals surface area contributed by atoms with Crippen LogP contribution in [-0.2, 0) is 16.6 Å². The second kappa shape index (κ2) is 7.66. The van der Waals surface area contributed by atoms with Crippen molar-refractivity contribution in [2.75, 3.05) is 20.1 Å². The Labute approximate surface area is 119 Å². The first-order valence-corrected chi connectivity index (χ1v) is 7.95. The fourth-order valence-corrected chi connectivity index (χ4v) is 2.60. The Hall–Kier alpha value is -1.05. The molecule has 0 saturated heterocycles. The molecule has 0 heterocycles. The van der Waals surface area contributed by atoms with E-state index >= 15 is 0 Å². The van der Waals surface area contributed by atoms with Gasteiger partial charge in [-0.05, 0) is 24.5 Å². The molecule has 4 nitrogen and oxygen atoms in total. The molecule has 0 fully saturated rings. The van der Waals surface area contributed by atoms with Crippen molar-refractivity contribution >= 4 is 10.2 Å². The first kappa shape index (κ1) is 17.0. The number of nitrogens with one attached hydrogen (secondary N) is 1. The highest BCUT2D eigenvalue weighted by Gasteiger charge is 2.16. The smallest absolute Gasteiger partial charge is 0.207 e. The number of hydrogen-bond acceptors (Lipinski definition) is 2. The van der Waals surface area contributed by atoms with Gasteiger partial charge in [-0.3, -0.25) is 0 Å². The maximum absolute atomic E-state index is 13.4. The van der Waals surface area contributed by atoms with Crippen molar-refractivity contribution in [2.24, 2.45) is 0 Å². The fourth-order valence-electron chi connectivity index (χ4n) is 1.65. The minimum absolute atomic E-state index is 0.0708. The van der Waals surface area contributed by atoms with Crippen LogP contribution in [0.5, 0.6) is 0 Å². The molecule has 0 bridgehead atoms. The van der Waals surface area contributed by atoms with Gasteiger partial charge in [0.25, 0.3) is 10.2 Å². The summed E-state index contributed by atoms with van der Waals surface area (Å²) in [5, 5.41) is 0. The van der Waals surface area contributed by atoms with Crippen molar-refractivity contribution < 1.29 is 17.2 Å². The van der Waals surface area contributed by atoms with Crippen LogP contribution < -0.4 is 4.72 Å². The molecule has 1 aromatic rings. The first-order chi connectivity index (χ1) is 9.36. The molecule has 0 amide bonds. The van der Waals surface area contributed by atoms with Crippen molar-refractivity contribution in [3.8, 4) is 0 Å². The van der Waals surface area contributed by atoms with Gasteiger partial charge in [-0.15, -0.1) is 0 Å². The predicted octanol–water partition coefficient (Wildman–Crippen LogP) is 2.07. The van der Waals surface area contributed by atoms with E-state index in [9.17, 15) is 17.2 Å². The lowest BCUT2D eigenvalue weighted by molar-refractivity contribution is 0.449. The number of nitrogens with zero attached hydrogens (tertiary/aromatic N) is 1. The summed E-state index contributed by atoms with van der Waals surface area (Å²) in [5.41, 5.74) is 0.283. The number of halogens is 2. The van der Waals surface area contributed by atoms with Gasteiger partial charge in [-0.2, -0.15) is 12.7 Å². The molecule has 0 aromatic heterocycles. The van der Waals surface area contributed by atoms with Gasteiger partial charge in [0.2, 0.25) is 0 Å². The average molecular weight is 306 g/mol. The summed E-state index contributed by atoms with van der Waals surface area (Å²) in [4.78, 5) is 0. The van der Waals surface area contributed by atoms with Crippen LogP contribution in [-0.4, -0.2) is 32.9 Å². The number of unbranched alkanes of at least 4 members (excludes halogenated alkanes) is 1. The van der Waals surface area contributed by atoms with Gasteiger partial charge >= 0.3 is 0 Å². The van der Waals surface area contributed by atoms with E-state index in [1.54, 1.807) is 0 Å². The van der Waals surface area contributed by atoms with Crippen LogP contribution in [0.4, 0.5) is 8.78 Å². The van der Waals surface area contributed by atoms with E-state index < -0.39 is 21.8 Å². The minimum Gasteiger partial charge on any atom is -0.207 e. The van der Waals surface area contributed by atoms with Crippen molar-refractivity contribution in [3.63, 3.8) is 0 Å². The highest BCUT2D eigenvalue weighted by molar-refractivity contribution is 7.87. The van der Waals surface area contributed by atoms with Crippen molar-refractivity contribution in [1.82, 2.24) is 9.03 Å². The molecule has 114 valence electrons. The Kier molecular flexibility index (Phi) is 6.51. The maximum Gasteiger partial charge on any atom is 0.279 e. The first-order valence-electron chi connectivity index (χ1n) is 6.51. The molecule has 0 radical (unpaired) electrons. The van der Waals surface area contributed by atoms with E-state index in [0.29, 0.717) is 6.54 Å². The maximum atomic E-state index is 13.4. The van der Waals surface area contributed by atoms with Crippen LogP contribution in [0.3, 0.4) is 0 Å². The summed E-state index contributed by atoms with van der Waals surface area (Å²) in [6.45, 7) is 2.49. The quantitative estimate of drug-likeness (QED) is 0.799. The molecule has 1 rings (SSSR count). The molecule has 1 N–H and O–H groups in total. The third-order valence-electron chi connectivity index (χ3n) is 2.93. The third-order valence-corrected chi connectivity index (χ3v) is 4.50. The van der Waals surface area contributed by atoms with Gasteiger partial charge in [0.1, 0.15) is 11.6 Å². The van der Waals surface area contributed by atoms with E-state index in [2.05, 4.69) is 4.72 Å². The highest BCUT2D eigenvalue weighted by Crippen LogP contribution is 2.10. The Morgan fingerprint density at radius 1 is 1.30 bits per heavy atom. The van der Waals surface area contributed by atoms with Gasteiger partial charge in [0.05, 0.1) is 0 Å². The van der Waals surface area contributed by atoms with Crippen LogP contribution in [0.15, 0.2) is 18.2 Å². The zero-order valence-corrected chi connectivity index (χ0v) is 12.5. The molecule has 7 heteroatoms. The summed E-state index contributed by atoms with van der Waals surface area (Å²) in [5.74, 6) is -1.31. The van der Waals surface area contributed by atoms with E-state index in [1.807, 2.05) is 6.92 Å². The molecular weight excluding hydrogens is 286 g/mol. The van der Waals surface area contributed by atoms with E-state index in [1.165, 1.54) is 17.4 Å². The second-order valence-corrected chi connectivity index (χ2v) is 6.42. The van der Waals surface area contributed by atoms with Gasteiger partial charge in [0, 0.05) is 26.2 Å². The number of benzene rings is 1. The lowest BCUT2D eigenvalue weighted by Crippen LogP contribution is -2.39. The standard InChI is InChI=1S/C13H20F2N2O2S/c1-3-4-9-17(2)20(18,19)16-8-7-11-5-6-12(14)10-13(11)15/h5-6,10,16H,3-4,7-9H2,1-2H3. The van der Waals surface area contributed by atoms with Gasteiger partial charge in [0.15, 0.2) is 0 Å². The van der Waals surface area contributed by atoms with Crippen LogP contribution in [0.1, 0.15) is 25.3 Å². The predicted molar refractivity (Wildman–Crippen MR) is 74.5 cm³/mol. The summed E-state index contributed by atoms with van der Waals surface area (Å²) >= 11 is 0. The Bertz CT molecular complexity index is 535. The van der Waals surface area contributed by atoms with Crippen molar-refractivity contribution in [3.05, 3.63) is 35.4 Å². The van der Waals surface area contributed by atoms with Crippen LogP contribution in [0.25, 0.3) is 0 Å². The molecule has 0 aliphatic heterocycles. The zero-order valence-electron chi connectivity index (χ0n) is 11.7. The molecule has 0 aliphatic rings. The minimum atomic E-state index is -3.54. The second-order valence-electron chi connectivity index (χ2n) is 4.56. The van der Waals surface area contributed by atoms with Crippen LogP contribution >= 0.6 is 0 Å². The van der Waals surface area contributed by atoms with Crippen LogP contribution in [0, 0.1) is 11.6 Å². The average Bonchev–Trinajstić information content (AvgIpc) is 2.38. The molecule has 20 heavy (non-hydrogen) atoms. The van der Waals surface area contributed by atoms with Crippen molar-refractivity contribution in [1.29, 1.82) is 0 Å². The lowest BCUT2D eigenvalue weighted by atomic mass is 10.1. The summed E-state index contributed by atoms with van der Waals surface area (Å²) < 4.78 is 53.4. The SMILES string of the molecule is CCCCN(C)S(=O)(=O)NCCc1ccc(F)cc1F. The van der Waals surface area contributed by atoms with E-state index in [-0.39, 0.29) is 18.5 Å². The van der Waals surface area contributed by atoms with E-state index in [4.69, 9.17) is 0 Å². The molecule has 0 saturated carbocycles. The summed E-state index contributed by atoms with van der Waals surface area (Å²) in [6, 6.07) is 3.26. The zero-order chi connectivity index (χ0) is 15.2. The summed E-state index contributed by atoms with van der Waals surface area (Å²) in [6.07, 6.45) is 1.86. The molecule has 0 atom stereocenters. The largest absolute Gasteiger partial charge is 0.279 e. The molecular formula is C13H20F2N2O2S. The van der Waals surface area contributed by atoms with Gasteiger partial charge in [-0.1, -0.05) is 19.4 Å². The van der Waals surface area contributed by atoms with Gasteiger partial charge in [-0.25, -0.2) is 13.5 Å². The van der Waals surface area contributed by atoms with E-state index in [0.717, 1.165) is 25.0 Å². The Balaban J connectivity index is 2.50. The fraction of sp³-hybridized carbons (Fsp3) is 0.538. The topological polar surface area (TPSA) is 49.4 Å². The van der Waals surface area contributed by atoms with Crippen LogP contribution in [0.2, 0.25) is 0 Å². The monoisotopic (exact) mass is 306 g/mol. The highest BCUT2D eigenvalue weighted by atomic mass is 32.2. The third kappa shape index (κ3) is 5.15. The van der Waals surface area contributed by atoms with Gasteiger partial charge < -0.3 is 0 Å². The summed E-state index contributed by atoms with van der Waals surface area (Å²) in [7, 11) is -2.04. The Morgan fingerprint density at radius 2 is 2.00 bits per heavy atom. The normalized spacial score (nSPS) is 12.1. The molecule has 0 aliphatic carbocycles. The van der Waals surface area contributed by atoms with Crippen molar-refractivity contribution in [2.45, 2.75) is 26.2 Å². The molecule has 1 aromatic carbocycles. The molecule has 0 unspecified atom stereocenters. The molecule has 0 spiro atoms. The lowest BCUT2D eigenvalue weighted by Gasteiger charge is -2.17.